The number of hydrogen-bond acceptors (Lipinski definition) is 5. The van der Waals surface area contributed by atoms with Gasteiger partial charge in [-0.05, 0) is 19.9 Å². The Morgan fingerprint density at radius 1 is 1.24 bits per heavy atom. The molecule has 0 atom stereocenters. The molecule has 0 spiro atoms. The molecule has 0 radical (unpaired) electrons. The van der Waals surface area contributed by atoms with Crippen molar-refractivity contribution in [2.45, 2.75) is 13.3 Å². The predicted octanol–water partition coefficient (Wildman–Crippen LogP) is 0.651. The van der Waals surface area contributed by atoms with E-state index in [4.69, 9.17) is 0 Å². The molecule has 1 aliphatic heterocycles. The Morgan fingerprint density at radius 3 is 2.82 bits per heavy atom. The molecule has 5 nitrogen and oxygen atoms in total. The van der Waals surface area contributed by atoms with Gasteiger partial charge in [0.15, 0.2) is 0 Å². The fraction of sp³-hybridized carbons (Fsp3) is 0.667. The van der Waals surface area contributed by atoms with Gasteiger partial charge in [-0.15, -0.1) is 0 Å². The number of aryl methyl sites for hydroxylation is 1. The predicted molar refractivity (Wildman–Crippen MR) is 70.8 cm³/mol. The van der Waals surface area contributed by atoms with Gasteiger partial charge in [-0.2, -0.15) is 0 Å². The fourth-order valence-electron chi connectivity index (χ4n) is 2.00. The minimum absolute atomic E-state index is 0.836. The largest absolute Gasteiger partial charge is 0.363 e. The van der Waals surface area contributed by atoms with E-state index in [1.807, 2.05) is 25.9 Å². The van der Waals surface area contributed by atoms with Crippen molar-refractivity contribution < 1.29 is 0 Å². The molecule has 0 aliphatic carbocycles. The van der Waals surface area contributed by atoms with Crippen molar-refractivity contribution in [1.82, 2.24) is 15.3 Å². The molecule has 2 rings (SSSR count). The molecule has 1 saturated heterocycles. The van der Waals surface area contributed by atoms with Crippen molar-refractivity contribution in [3.05, 3.63) is 11.9 Å². The van der Waals surface area contributed by atoms with E-state index in [9.17, 15) is 0 Å². The molecular weight excluding hydrogens is 214 g/mol. The first-order valence-corrected chi connectivity index (χ1v) is 6.15. The van der Waals surface area contributed by atoms with E-state index >= 15 is 0 Å². The molecule has 94 valence electrons. The summed E-state index contributed by atoms with van der Waals surface area (Å²) in [5.74, 6) is 2.86. The summed E-state index contributed by atoms with van der Waals surface area (Å²) in [4.78, 5) is 13.3. The van der Waals surface area contributed by atoms with Crippen LogP contribution < -0.4 is 15.1 Å². The first kappa shape index (κ1) is 12.1. The van der Waals surface area contributed by atoms with Crippen LogP contribution in [0.1, 0.15) is 12.2 Å². The average molecular weight is 235 g/mol. The average Bonchev–Trinajstić information content (AvgIpc) is 2.56. The highest BCUT2D eigenvalue weighted by molar-refractivity contribution is 5.50. The molecule has 17 heavy (non-hydrogen) atoms. The summed E-state index contributed by atoms with van der Waals surface area (Å²) in [6, 6.07) is 2.07. The van der Waals surface area contributed by atoms with Gasteiger partial charge in [0.1, 0.15) is 17.5 Å². The summed E-state index contributed by atoms with van der Waals surface area (Å²) in [7, 11) is 4.02. The minimum Gasteiger partial charge on any atom is -0.363 e. The molecule has 1 aromatic heterocycles. The topological polar surface area (TPSA) is 44.3 Å². The van der Waals surface area contributed by atoms with Crippen LogP contribution in [-0.4, -0.2) is 50.2 Å². The molecule has 1 aromatic rings. The highest BCUT2D eigenvalue weighted by Crippen LogP contribution is 2.18. The van der Waals surface area contributed by atoms with Crippen LogP contribution in [0.3, 0.4) is 0 Å². The normalized spacial score (nSPS) is 16.8. The van der Waals surface area contributed by atoms with Crippen LogP contribution in [0.25, 0.3) is 0 Å². The number of nitrogens with zero attached hydrogens (tertiary/aromatic N) is 4. The number of nitrogens with one attached hydrogen (secondary N) is 1. The van der Waals surface area contributed by atoms with Gasteiger partial charge in [0, 0.05) is 39.8 Å². The Balaban J connectivity index is 2.23. The zero-order valence-electron chi connectivity index (χ0n) is 10.9. The quantitative estimate of drug-likeness (QED) is 0.815. The van der Waals surface area contributed by atoms with Crippen molar-refractivity contribution in [1.29, 1.82) is 0 Å². The lowest BCUT2D eigenvalue weighted by atomic mass is 10.3. The molecule has 0 bridgehead atoms. The highest BCUT2D eigenvalue weighted by atomic mass is 15.2. The van der Waals surface area contributed by atoms with Gasteiger partial charge in [-0.3, -0.25) is 0 Å². The summed E-state index contributed by atoms with van der Waals surface area (Å²) in [5.41, 5.74) is 0. The third-order valence-electron chi connectivity index (χ3n) is 2.93. The van der Waals surface area contributed by atoms with Crippen molar-refractivity contribution in [2.24, 2.45) is 0 Å². The van der Waals surface area contributed by atoms with Gasteiger partial charge in [0.2, 0.25) is 0 Å². The third kappa shape index (κ3) is 3.06. The first-order chi connectivity index (χ1) is 8.16. The van der Waals surface area contributed by atoms with E-state index in [0.717, 1.165) is 43.6 Å². The summed E-state index contributed by atoms with van der Waals surface area (Å²) < 4.78 is 0. The number of anilines is 2. The molecule has 1 fully saturated rings. The van der Waals surface area contributed by atoms with Crippen LogP contribution in [0.15, 0.2) is 6.07 Å². The Kier molecular flexibility index (Phi) is 3.78. The van der Waals surface area contributed by atoms with Crippen molar-refractivity contribution >= 4 is 11.6 Å². The lowest BCUT2D eigenvalue weighted by molar-refractivity contribution is 0.724. The summed E-state index contributed by atoms with van der Waals surface area (Å²) >= 11 is 0. The maximum absolute atomic E-state index is 4.54. The number of rotatable bonds is 2. The van der Waals surface area contributed by atoms with Crippen LogP contribution in [0.5, 0.6) is 0 Å². The van der Waals surface area contributed by atoms with E-state index in [0.29, 0.717) is 0 Å². The second kappa shape index (κ2) is 5.31. The van der Waals surface area contributed by atoms with E-state index in [1.165, 1.54) is 6.42 Å². The van der Waals surface area contributed by atoms with E-state index in [-0.39, 0.29) is 0 Å². The van der Waals surface area contributed by atoms with Gasteiger partial charge in [0.05, 0.1) is 0 Å². The van der Waals surface area contributed by atoms with E-state index < -0.39 is 0 Å². The fourth-order valence-corrected chi connectivity index (χ4v) is 2.00. The molecular formula is C12H21N5. The Labute approximate surface area is 103 Å². The Bertz CT molecular complexity index is 369. The highest BCUT2D eigenvalue weighted by Gasteiger charge is 2.13. The molecule has 2 heterocycles. The van der Waals surface area contributed by atoms with Crippen LogP contribution in [0, 0.1) is 6.92 Å². The van der Waals surface area contributed by atoms with Gasteiger partial charge in [-0.25, -0.2) is 9.97 Å². The zero-order chi connectivity index (χ0) is 12.3. The SMILES string of the molecule is Cc1nc(N(C)C)cc(N2CCCNCC2)n1. The van der Waals surface area contributed by atoms with Crippen LogP contribution >= 0.6 is 0 Å². The molecule has 1 aliphatic rings. The van der Waals surface area contributed by atoms with E-state index in [1.54, 1.807) is 0 Å². The number of aromatic nitrogens is 2. The Morgan fingerprint density at radius 2 is 2.06 bits per heavy atom. The smallest absolute Gasteiger partial charge is 0.134 e. The molecule has 0 unspecified atom stereocenters. The molecule has 0 aromatic carbocycles. The zero-order valence-corrected chi connectivity index (χ0v) is 10.9. The van der Waals surface area contributed by atoms with Gasteiger partial charge >= 0.3 is 0 Å². The van der Waals surface area contributed by atoms with Crippen molar-refractivity contribution in [3.8, 4) is 0 Å². The van der Waals surface area contributed by atoms with Gasteiger partial charge < -0.3 is 15.1 Å². The van der Waals surface area contributed by atoms with Crippen LogP contribution in [0.4, 0.5) is 11.6 Å². The summed E-state index contributed by atoms with van der Waals surface area (Å²) in [5, 5.41) is 3.40. The lowest BCUT2D eigenvalue weighted by Gasteiger charge is -2.23. The van der Waals surface area contributed by atoms with Crippen molar-refractivity contribution in [3.63, 3.8) is 0 Å². The van der Waals surface area contributed by atoms with E-state index in [2.05, 4.69) is 26.3 Å². The molecule has 5 heteroatoms. The molecule has 0 amide bonds. The molecule has 0 saturated carbocycles. The number of hydrogen-bond donors (Lipinski definition) is 1. The summed E-state index contributed by atoms with van der Waals surface area (Å²) in [6.45, 7) is 6.16. The minimum atomic E-state index is 0.836. The maximum atomic E-state index is 4.54. The standard InChI is InChI=1S/C12H21N5/c1-10-14-11(16(2)3)9-12(15-10)17-7-4-5-13-6-8-17/h9,13H,4-8H2,1-3H3. The second-order valence-electron chi connectivity index (χ2n) is 4.62. The lowest BCUT2D eigenvalue weighted by Crippen LogP contribution is -2.29. The maximum Gasteiger partial charge on any atom is 0.134 e. The Hall–Kier alpha value is -1.36. The van der Waals surface area contributed by atoms with Crippen molar-refractivity contribution in [2.75, 3.05) is 50.1 Å². The van der Waals surface area contributed by atoms with Crippen LogP contribution in [-0.2, 0) is 0 Å². The molecule has 1 N–H and O–H groups in total. The van der Waals surface area contributed by atoms with Gasteiger partial charge in [-0.1, -0.05) is 0 Å². The summed E-state index contributed by atoms with van der Waals surface area (Å²) in [6.07, 6.45) is 1.17. The third-order valence-corrected chi connectivity index (χ3v) is 2.93. The van der Waals surface area contributed by atoms with Gasteiger partial charge in [0.25, 0.3) is 0 Å². The first-order valence-electron chi connectivity index (χ1n) is 6.15. The monoisotopic (exact) mass is 235 g/mol. The van der Waals surface area contributed by atoms with Crippen LogP contribution in [0.2, 0.25) is 0 Å². The second-order valence-corrected chi connectivity index (χ2v) is 4.62.